The van der Waals surface area contributed by atoms with E-state index in [0.29, 0.717) is 6.42 Å². The number of benzene rings is 2. The maximum Gasteiger partial charge on any atom is 0.331 e. The Bertz CT molecular complexity index is 1160. The van der Waals surface area contributed by atoms with Gasteiger partial charge >= 0.3 is 5.69 Å². The SMILES string of the molecule is O=c1[nH]c(=O)n(CCc2ccccc2)c(O)c1C=NC1CC[NH+](Cc2ccccc2)CC1. The Hall–Kier alpha value is -3.45. The molecule has 166 valence electrons. The summed E-state index contributed by atoms with van der Waals surface area (Å²) in [6.45, 7) is 3.29. The molecule has 0 spiro atoms. The molecule has 1 aliphatic rings. The first-order valence-corrected chi connectivity index (χ1v) is 11.1. The molecule has 1 aromatic heterocycles. The van der Waals surface area contributed by atoms with E-state index in [-0.39, 0.29) is 24.0 Å². The Morgan fingerprint density at radius 3 is 2.28 bits per heavy atom. The molecule has 3 N–H and O–H groups in total. The molecule has 7 nitrogen and oxygen atoms in total. The summed E-state index contributed by atoms with van der Waals surface area (Å²) in [4.78, 5) is 32.9. The smallest absolute Gasteiger partial charge is 0.331 e. The van der Waals surface area contributed by atoms with Crippen molar-refractivity contribution in [1.29, 1.82) is 0 Å². The van der Waals surface area contributed by atoms with Crippen LogP contribution in [0.5, 0.6) is 5.88 Å². The average molecular weight is 434 g/mol. The first-order chi connectivity index (χ1) is 15.6. The molecule has 2 heterocycles. The number of rotatable bonds is 7. The Morgan fingerprint density at radius 1 is 1.00 bits per heavy atom. The molecule has 7 heteroatoms. The van der Waals surface area contributed by atoms with E-state index in [1.807, 2.05) is 36.4 Å². The van der Waals surface area contributed by atoms with Crippen molar-refractivity contribution in [3.63, 3.8) is 0 Å². The van der Waals surface area contributed by atoms with Gasteiger partial charge in [-0.25, -0.2) is 4.79 Å². The predicted molar refractivity (Wildman–Crippen MR) is 125 cm³/mol. The summed E-state index contributed by atoms with van der Waals surface area (Å²) in [7, 11) is 0. The van der Waals surface area contributed by atoms with Crippen LogP contribution in [0.15, 0.2) is 75.2 Å². The monoisotopic (exact) mass is 433 g/mol. The first kappa shape index (κ1) is 21.8. The number of H-pyrrole nitrogens is 1. The lowest BCUT2D eigenvalue weighted by Crippen LogP contribution is -3.12. The first-order valence-electron chi connectivity index (χ1n) is 11.1. The highest BCUT2D eigenvalue weighted by Gasteiger charge is 2.22. The molecule has 32 heavy (non-hydrogen) atoms. The lowest BCUT2D eigenvalue weighted by atomic mass is 10.0. The Labute approximate surface area is 186 Å². The van der Waals surface area contributed by atoms with E-state index in [1.54, 1.807) is 0 Å². The van der Waals surface area contributed by atoms with Crippen molar-refractivity contribution in [1.82, 2.24) is 9.55 Å². The minimum Gasteiger partial charge on any atom is -0.494 e. The van der Waals surface area contributed by atoms with Gasteiger partial charge in [0, 0.05) is 31.2 Å². The van der Waals surface area contributed by atoms with Gasteiger partial charge in [-0.3, -0.25) is 19.3 Å². The number of aromatic hydroxyl groups is 1. The molecule has 2 aromatic carbocycles. The highest BCUT2D eigenvalue weighted by Crippen LogP contribution is 2.12. The van der Waals surface area contributed by atoms with Gasteiger partial charge in [0.05, 0.1) is 19.1 Å². The van der Waals surface area contributed by atoms with Crippen LogP contribution >= 0.6 is 0 Å². The molecule has 4 rings (SSSR count). The number of aromatic amines is 1. The number of piperidine rings is 1. The molecule has 0 saturated carbocycles. The lowest BCUT2D eigenvalue weighted by Gasteiger charge is -2.27. The van der Waals surface area contributed by atoms with Gasteiger partial charge in [-0.15, -0.1) is 0 Å². The molecule has 0 bridgehead atoms. The fourth-order valence-electron chi connectivity index (χ4n) is 4.19. The minimum atomic E-state index is -0.613. The van der Waals surface area contributed by atoms with E-state index in [2.05, 4.69) is 34.2 Å². The number of aryl methyl sites for hydroxylation is 1. The van der Waals surface area contributed by atoms with Crippen LogP contribution in [-0.2, 0) is 19.5 Å². The average Bonchev–Trinajstić information content (AvgIpc) is 2.81. The maximum atomic E-state index is 12.3. The van der Waals surface area contributed by atoms with Crippen LogP contribution in [0.25, 0.3) is 0 Å². The third-order valence-electron chi connectivity index (χ3n) is 6.05. The summed E-state index contributed by atoms with van der Waals surface area (Å²) in [5.41, 5.74) is 1.19. The van der Waals surface area contributed by atoms with Gasteiger partial charge in [-0.1, -0.05) is 60.7 Å². The van der Waals surface area contributed by atoms with Gasteiger partial charge in [0.1, 0.15) is 12.1 Å². The topological polar surface area (TPSA) is 91.9 Å². The molecule has 0 amide bonds. The zero-order valence-electron chi connectivity index (χ0n) is 18.0. The van der Waals surface area contributed by atoms with E-state index in [4.69, 9.17) is 0 Å². The minimum absolute atomic E-state index is 0.0386. The molecular formula is C25H29N4O3+. The second-order valence-corrected chi connectivity index (χ2v) is 8.31. The third kappa shape index (κ3) is 5.42. The summed E-state index contributed by atoms with van der Waals surface area (Å²) in [6, 6.07) is 20.3. The van der Waals surface area contributed by atoms with E-state index in [0.717, 1.165) is 38.0 Å². The molecule has 3 aromatic rings. The summed E-state index contributed by atoms with van der Waals surface area (Å²) < 4.78 is 1.20. The number of likely N-dealkylation sites (tertiary alicyclic amines) is 1. The van der Waals surface area contributed by atoms with Crippen LogP contribution in [0.3, 0.4) is 0 Å². The van der Waals surface area contributed by atoms with Crippen molar-refractivity contribution in [2.24, 2.45) is 4.99 Å². The molecule has 1 aliphatic heterocycles. The van der Waals surface area contributed by atoms with Gasteiger partial charge in [0.2, 0.25) is 5.88 Å². The van der Waals surface area contributed by atoms with Crippen molar-refractivity contribution in [3.05, 3.63) is 98.2 Å². The van der Waals surface area contributed by atoms with Crippen LogP contribution in [0.4, 0.5) is 0 Å². The van der Waals surface area contributed by atoms with Crippen molar-refractivity contribution in [2.75, 3.05) is 13.1 Å². The Balaban J connectivity index is 1.40. The van der Waals surface area contributed by atoms with E-state index in [9.17, 15) is 14.7 Å². The highest BCUT2D eigenvalue weighted by atomic mass is 16.3. The maximum absolute atomic E-state index is 12.3. The normalized spacial score (nSPS) is 18.8. The third-order valence-corrected chi connectivity index (χ3v) is 6.05. The molecule has 1 fully saturated rings. The fourth-order valence-corrected chi connectivity index (χ4v) is 4.19. The van der Waals surface area contributed by atoms with Crippen LogP contribution < -0.4 is 16.1 Å². The summed E-state index contributed by atoms with van der Waals surface area (Å²) >= 11 is 0. The number of nitrogens with zero attached hydrogens (tertiary/aromatic N) is 2. The molecule has 1 saturated heterocycles. The van der Waals surface area contributed by atoms with E-state index in [1.165, 1.54) is 21.2 Å². The second-order valence-electron chi connectivity index (χ2n) is 8.31. The summed E-state index contributed by atoms with van der Waals surface area (Å²) in [5, 5.41) is 10.6. The van der Waals surface area contributed by atoms with Crippen LogP contribution in [0.1, 0.15) is 29.5 Å². The predicted octanol–water partition coefficient (Wildman–Crippen LogP) is 1.15. The van der Waals surface area contributed by atoms with Crippen molar-refractivity contribution >= 4 is 6.21 Å². The van der Waals surface area contributed by atoms with Gasteiger partial charge in [-0.2, -0.15) is 0 Å². The number of hydrogen-bond acceptors (Lipinski definition) is 4. The summed E-state index contributed by atoms with van der Waals surface area (Å²) in [5.74, 6) is -0.328. The molecule has 0 unspecified atom stereocenters. The number of quaternary nitrogens is 1. The molecule has 0 radical (unpaired) electrons. The van der Waals surface area contributed by atoms with E-state index < -0.39 is 11.2 Å². The Kier molecular flexibility index (Phi) is 6.97. The standard InChI is InChI=1S/C25H28N4O3/c30-23-22(24(31)29(25(32)27-23)16-11-19-7-3-1-4-8-19)17-26-21-12-14-28(15-13-21)18-20-9-5-2-6-10-20/h1-10,17,21,31H,11-16,18H2,(H,27,30,32)/p+1. The molecule has 0 atom stereocenters. The van der Waals surface area contributed by atoms with Gasteiger partial charge in [0.15, 0.2) is 0 Å². The zero-order chi connectivity index (χ0) is 22.3. The summed E-state index contributed by atoms with van der Waals surface area (Å²) in [6.07, 6.45) is 3.84. The van der Waals surface area contributed by atoms with Gasteiger partial charge in [0.25, 0.3) is 5.56 Å². The second kappa shape index (κ2) is 10.2. The van der Waals surface area contributed by atoms with Gasteiger partial charge < -0.3 is 10.0 Å². The van der Waals surface area contributed by atoms with Crippen LogP contribution in [0.2, 0.25) is 0 Å². The number of aromatic nitrogens is 2. The molecular weight excluding hydrogens is 404 g/mol. The van der Waals surface area contributed by atoms with Crippen molar-refractivity contribution in [3.8, 4) is 5.88 Å². The van der Waals surface area contributed by atoms with Crippen molar-refractivity contribution < 1.29 is 10.0 Å². The highest BCUT2D eigenvalue weighted by molar-refractivity contribution is 5.82. The fraction of sp³-hybridized carbons (Fsp3) is 0.320. The number of hydrogen-bond donors (Lipinski definition) is 3. The lowest BCUT2D eigenvalue weighted by molar-refractivity contribution is -0.918. The quantitative estimate of drug-likeness (QED) is 0.488. The zero-order valence-corrected chi connectivity index (χ0v) is 18.0. The van der Waals surface area contributed by atoms with E-state index >= 15 is 0 Å². The largest absolute Gasteiger partial charge is 0.494 e. The molecule has 0 aliphatic carbocycles. The Morgan fingerprint density at radius 2 is 1.62 bits per heavy atom. The number of aliphatic imine (C=N–C) groups is 1. The number of nitrogens with one attached hydrogen (secondary N) is 2. The van der Waals surface area contributed by atoms with Gasteiger partial charge in [-0.05, 0) is 12.0 Å². The van der Waals surface area contributed by atoms with Crippen molar-refractivity contribution in [2.45, 2.75) is 38.4 Å². The van der Waals surface area contributed by atoms with Crippen LogP contribution in [0, 0.1) is 0 Å². The van der Waals surface area contributed by atoms with Crippen LogP contribution in [-0.4, -0.2) is 40.0 Å².